The third-order valence-electron chi connectivity index (χ3n) is 4.34. The molecule has 0 unspecified atom stereocenters. The van der Waals surface area contributed by atoms with E-state index in [0.717, 1.165) is 17.4 Å². The van der Waals surface area contributed by atoms with Crippen molar-refractivity contribution in [1.29, 1.82) is 0 Å². The monoisotopic (exact) mass is 449 g/mol. The van der Waals surface area contributed by atoms with Crippen molar-refractivity contribution in [2.24, 2.45) is 0 Å². The molecule has 1 amide bonds. The van der Waals surface area contributed by atoms with Gasteiger partial charge < -0.3 is 15.8 Å². The fourth-order valence-electron chi connectivity index (χ4n) is 2.99. The number of anilines is 2. The average molecular weight is 449 g/mol. The van der Waals surface area contributed by atoms with Gasteiger partial charge in [0.1, 0.15) is 15.5 Å². The van der Waals surface area contributed by atoms with Gasteiger partial charge in [-0.3, -0.25) is 4.79 Å². The van der Waals surface area contributed by atoms with Gasteiger partial charge in [-0.2, -0.15) is 13.2 Å². The number of nitrogens with two attached hydrogens (primary N) is 1. The van der Waals surface area contributed by atoms with Crippen LogP contribution in [0, 0.1) is 0 Å². The zero-order chi connectivity index (χ0) is 21.5. The number of carbonyl (C=O) groups excluding carboxylic acids is 1. The number of para-hydroxylation sites is 2. The number of benzene rings is 1. The third kappa shape index (κ3) is 3.59. The van der Waals surface area contributed by atoms with Crippen LogP contribution in [0.2, 0.25) is 0 Å². The number of pyridine rings is 1. The fourth-order valence-corrected chi connectivity index (χ4v) is 4.69. The van der Waals surface area contributed by atoms with E-state index in [0.29, 0.717) is 16.3 Å². The quantitative estimate of drug-likeness (QED) is 0.407. The molecule has 10 heteroatoms. The van der Waals surface area contributed by atoms with Crippen molar-refractivity contribution in [3.05, 3.63) is 58.3 Å². The van der Waals surface area contributed by atoms with Crippen molar-refractivity contribution in [2.75, 3.05) is 18.2 Å². The lowest BCUT2D eigenvalue weighted by Crippen LogP contribution is -2.13. The molecule has 0 atom stereocenters. The predicted molar refractivity (Wildman–Crippen MR) is 113 cm³/mol. The predicted octanol–water partition coefficient (Wildman–Crippen LogP) is 5.89. The fraction of sp³-hybridized carbons (Fsp3) is 0.100. The molecule has 3 N–H and O–H groups in total. The van der Waals surface area contributed by atoms with E-state index >= 15 is 0 Å². The lowest BCUT2D eigenvalue weighted by Gasteiger charge is -2.11. The normalized spacial score (nSPS) is 11.6. The lowest BCUT2D eigenvalue weighted by molar-refractivity contribution is -0.136. The highest BCUT2D eigenvalue weighted by atomic mass is 32.1. The Bertz CT molecular complexity index is 1230. The van der Waals surface area contributed by atoms with E-state index in [1.165, 1.54) is 18.4 Å². The molecule has 0 saturated carbocycles. The smallest absolute Gasteiger partial charge is 0.417 e. The van der Waals surface area contributed by atoms with E-state index in [4.69, 9.17) is 10.5 Å². The molecule has 4 rings (SSSR count). The summed E-state index contributed by atoms with van der Waals surface area (Å²) >= 11 is 2.10. The first kappa shape index (κ1) is 20.2. The Balaban J connectivity index is 1.84. The van der Waals surface area contributed by atoms with Crippen LogP contribution < -0.4 is 15.8 Å². The van der Waals surface area contributed by atoms with Crippen LogP contribution in [0.15, 0.2) is 47.8 Å². The molecule has 1 aromatic carbocycles. The van der Waals surface area contributed by atoms with Gasteiger partial charge in [0.15, 0.2) is 0 Å². The summed E-state index contributed by atoms with van der Waals surface area (Å²) in [6, 6.07) is 11.1. The van der Waals surface area contributed by atoms with Crippen LogP contribution in [-0.2, 0) is 6.18 Å². The number of nitrogen functional groups attached to an aromatic ring is 1. The number of halogens is 3. The zero-order valence-corrected chi connectivity index (χ0v) is 17.0. The lowest BCUT2D eigenvalue weighted by atomic mass is 10.1. The van der Waals surface area contributed by atoms with E-state index in [9.17, 15) is 18.0 Å². The van der Waals surface area contributed by atoms with Crippen LogP contribution in [-0.4, -0.2) is 18.0 Å². The number of ether oxygens (including phenoxy) is 1. The van der Waals surface area contributed by atoms with E-state index in [-0.39, 0.29) is 26.5 Å². The van der Waals surface area contributed by atoms with E-state index in [2.05, 4.69) is 10.3 Å². The van der Waals surface area contributed by atoms with Crippen LogP contribution >= 0.6 is 22.7 Å². The molecule has 0 fully saturated rings. The summed E-state index contributed by atoms with van der Waals surface area (Å²) in [5.74, 6) is -0.217. The number of amides is 1. The Kier molecular flexibility index (Phi) is 5.12. The molecule has 154 valence electrons. The van der Waals surface area contributed by atoms with Gasteiger partial charge in [-0.15, -0.1) is 22.7 Å². The summed E-state index contributed by atoms with van der Waals surface area (Å²) in [7, 11) is 1.45. The summed E-state index contributed by atoms with van der Waals surface area (Å²) in [6.45, 7) is 0. The third-order valence-corrected chi connectivity index (χ3v) is 6.33. The number of hydrogen-bond acceptors (Lipinski definition) is 6. The number of thiophene rings is 2. The van der Waals surface area contributed by atoms with E-state index < -0.39 is 17.6 Å². The van der Waals surface area contributed by atoms with Gasteiger partial charge >= 0.3 is 6.18 Å². The maximum Gasteiger partial charge on any atom is 0.417 e. The summed E-state index contributed by atoms with van der Waals surface area (Å²) in [6.07, 6.45) is -4.65. The van der Waals surface area contributed by atoms with Gasteiger partial charge in [0, 0.05) is 5.39 Å². The largest absolute Gasteiger partial charge is 0.495 e. The number of nitrogens with zero attached hydrogens (tertiary/aromatic N) is 1. The topological polar surface area (TPSA) is 77.2 Å². The highest BCUT2D eigenvalue weighted by Crippen LogP contribution is 2.44. The Labute approximate surface area is 176 Å². The summed E-state index contributed by atoms with van der Waals surface area (Å²) < 4.78 is 46.5. The highest BCUT2D eigenvalue weighted by Gasteiger charge is 2.36. The number of fused-ring (bicyclic) bond motifs is 1. The highest BCUT2D eigenvalue weighted by molar-refractivity contribution is 7.21. The molecule has 0 saturated heterocycles. The molecule has 0 aliphatic rings. The molecule has 0 spiro atoms. The molecule has 0 aliphatic heterocycles. The van der Waals surface area contributed by atoms with Gasteiger partial charge in [-0.05, 0) is 29.6 Å². The van der Waals surface area contributed by atoms with Crippen LogP contribution in [0.1, 0.15) is 15.2 Å². The number of aromatic nitrogens is 1. The molecule has 0 radical (unpaired) electrons. The van der Waals surface area contributed by atoms with E-state index in [1.54, 1.807) is 41.8 Å². The molecular weight excluding hydrogens is 435 g/mol. The summed E-state index contributed by atoms with van der Waals surface area (Å²) in [5.41, 5.74) is 5.41. The van der Waals surface area contributed by atoms with Crippen molar-refractivity contribution in [3.63, 3.8) is 0 Å². The Morgan fingerprint density at radius 1 is 1.20 bits per heavy atom. The van der Waals surface area contributed by atoms with Crippen LogP contribution in [0.5, 0.6) is 5.75 Å². The van der Waals surface area contributed by atoms with Crippen LogP contribution in [0.25, 0.3) is 20.8 Å². The summed E-state index contributed by atoms with van der Waals surface area (Å²) in [4.78, 5) is 17.7. The maximum atomic E-state index is 13.8. The second-order valence-electron chi connectivity index (χ2n) is 6.21. The van der Waals surface area contributed by atoms with Gasteiger partial charge in [0.25, 0.3) is 5.91 Å². The van der Waals surface area contributed by atoms with Crippen LogP contribution in [0.3, 0.4) is 0 Å². The summed E-state index contributed by atoms with van der Waals surface area (Å²) in [5, 5.41) is 4.13. The molecular formula is C20H14F3N3O2S2. The van der Waals surface area contributed by atoms with Crippen molar-refractivity contribution in [3.8, 4) is 16.3 Å². The van der Waals surface area contributed by atoms with Crippen molar-refractivity contribution >= 4 is 50.2 Å². The molecule has 4 aromatic rings. The zero-order valence-electron chi connectivity index (χ0n) is 15.4. The molecule has 30 heavy (non-hydrogen) atoms. The second-order valence-corrected chi connectivity index (χ2v) is 8.16. The van der Waals surface area contributed by atoms with Crippen molar-refractivity contribution in [2.45, 2.75) is 6.18 Å². The Morgan fingerprint density at radius 2 is 1.97 bits per heavy atom. The molecule has 5 nitrogen and oxygen atoms in total. The van der Waals surface area contributed by atoms with Gasteiger partial charge in [0.2, 0.25) is 0 Å². The standard InChI is InChI=1S/C20H14F3N3O2S2/c1-28-13-6-3-2-5-11(13)25-18(27)17-16(24)15-10(20(21,22)23)9-12(26-19(15)30-17)14-7-4-8-29-14/h2-9H,24H2,1H3,(H,25,27). The van der Waals surface area contributed by atoms with Gasteiger partial charge in [-0.1, -0.05) is 18.2 Å². The molecule has 0 aliphatic carbocycles. The number of carbonyl (C=O) groups is 1. The van der Waals surface area contributed by atoms with Gasteiger partial charge in [-0.25, -0.2) is 4.98 Å². The number of methoxy groups -OCH3 is 1. The molecule has 3 aromatic heterocycles. The second kappa shape index (κ2) is 7.62. The van der Waals surface area contributed by atoms with Crippen LogP contribution in [0.4, 0.5) is 24.5 Å². The van der Waals surface area contributed by atoms with Crippen molar-refractivity contribution in [1.82, 2.24) is 4.98 Å². The molecule has 0 bridgehead atoms. The average Bonchev–Trinajstić information content (AvgIpc) is 3.35. The molecule has 3 heterocycles. The number of rotatable bonds is 4. The minimum Gasteiger partial charge on any atom is -0.495 e. The van der Waals surface area contributed by atoms with Gasteiger partial charge in [0.05, 0.1) is 34.6 Å². The Hall–Kier alpha value is -3.11. The maximum absolute atomic E-state index is 13.8. The first-order valence-corrected chi connectivity index (χ1v) is 10.3. The SMILES string of the molecule is COc1ccccc1NC(=O)c1sc2nc(-c3cccs3)cc(C(F)(F)F)c2c1N. The van der Waals surface area contributed by atoms with E-state index in [1.807, 2.05) is 0 Å². The first-order chi connectivity index (χ1) is 14.3. The minimum absolute atomic E-state index is 0.0442. The number of alkyl halides is 3. The number of hydrogen-bond donors (Lipinski definition) is 2. The Morgan fingerprint density at radius 3 is 2.63 bits per heavy atom. The van der Waals surface area contributed by atoms with Crippen molar-refractivity contribution < 1.29 is 22.7 Å². The number of nitrogens with one attached hydrogen (secondary N) is 1. The minimum atomic E-state index is -4.65. The first-order valence-electron chi connectivity index (χ1n) is 8.58.